The van der Waals surface area contributed by atoms with Gasteiger partial charge in [-0.2, -0.15) is 0 Å². The molecule has 28 heavy (non-hydrogen) atoms. The molecule has 0 unspecified atom stereocenters. The summed E-state index contributed by atoms with van der Waals surface area (Å²) in [6.07, 6.45) is 14.6. The minimum absolute atomic E-state index is 0.0223. The van der Waals surface area contributed by atoms with Crippen LogP contribution in [0.2, 0.25) is 0 Å². The second-order valence-corrected chi connectivity index (χ2v) is 10.5. The molecule has 3 nitrogen and oxygen atoms in total. The van der Waals surface area contributed by atoms with E-state index >= 15 is 0 Å². The molecular weight excluding hydrogens is 348 g/mol. The minimum atomic E-state index is 0.0223. The molecule has 4 aliphatic rings. The van der Waals surface area contributed by atoms with Crippen molar-refractivity contribution in [3.8, 4) is 0 Å². The number of carbonyl (C=O) groups excluding carboxylic acids is 2. The van der Waals surface area contributed by atoms with E-state index in [-0.39, 0.29) is 22.9 Å². The Labute approximate surface area is 170 Å². The highest BCUT2D eigenvalue weighted by Crippen LogP contribution is 2.65. The summed E-state index contributed by atoms with van der Waals surface area (Å²) < 4.78 is 6.06. The molecule has 0 radical (unpaired) electrons. The second kappa shape index (κ2) is 7.61. The van der Waals surface area contributed by atoms with Gasteiger partial charge in [0.2, 0.25) is 0 Å². The zero-order chi connectivity index (χ0) is 19.9. The average Bonchev–Trinajstić information content (AvgIpc) is 2.99. The van der Waals surface area contributed by atoms with Crippen LogP contribution in [0.4, 0.5) is 0 Å². The van der Waals surface area contributed by atoms with Crippen molar-refractivity contribution in [1.82, 2.24) is 0 Å². The van der Waals surface area contributed by atoms with Crippen molar-refractivity contribution in [3.05, 3.63) is 11.6 Å². The summed E-state index contributed by atoms with van der Waals surface area (Å²) in [6, 6.07) is 0. The lowest BCUT2D eigenvalue weighted by Gasteiger charge is -2.57. The largest absolute Gasteiger partial charge is 0.462 e. The number of rotatable bonds is 5. The fourth-order valence-electron chi connectivity index (χ4n) is 7.44. The number of hydrogen-bond donors (Lipinski definition) is 0. The van der Waals surface area contributed by atoms with Gasteiger partial charge in [0.15, 0.2) is 5.78 Å². The number of fused-ring (bicyclic) bond motifs is 5. The van der Waals surface area contributed by atoms with E-state index in [2.05, 4.69) is 20.8 Å². The number of hydrogen-bond acceptors (Lipinski definition) is 3. The molecule has 0 amide bonds. The smallest absolute Gasteiger partial charge is 0.306 e. The third kappa shape index (κ3) is 3.27. The number of allylic oxidation sites excluding steroid dienone is 1. The Morgan fingerprint density at radius 1 is 1.07 bits per heavy atom. The van der Waals surface area contributed by atoms with Crippen LogP contribution in [0.25, 0.3) is 0 Å². The molecule has 0 N–H and O–H groups in total. The van der Waals surface area contributed by atoms with Crippen molar-refractivity contribution < 1.29 is 14.3 Å². The zero-order valence-corrected chi connectivity index (χ0v) is 18.1. The highest BCUT2D eigenvalue weighted by Gasteiger charge is 2.59. The molecule has 0 heterocycles. The van der Waals surface area contributed by atoms with Crippen molar-refractivity contribution in [2.75, 3.05) is 0 Å². The average molecular weight is 387 g/mol. The van der Waals surface area contributed by atoms with Gasteiger partial charge in [-0.05, 0) is 80.6 Å². The molecule has 0 aliphatic heterocycles. The van der Waals surface area contributed by atoms with Gasteiger partial charge in [-0.25, -0.2) is 0 Å². The molecular formula is C25H38O3. The Kier molecular flexibility index (Phi) is 5.48. The van der Waals surface area contributed by atoms with Gasteiger partial charge in [-0.1, -0.05) is 39.2 Å². The van der Waals surface area contributed by atoms with E-state index < -0.39 is 0 Å². The fourth-order valence-corrected chi connectivity index (χ4v) is 7.44. The maximum Gasteiger partial charge on any atom is 0.306 e. The van der Waals surface area contributed by atoms with Crippen LogP contribution in [-0.4, -0.2) is 17.9 Å². The second-order valence-electron chi connectivity index (χ2n) is 10.5. The molecule has 3 fully saturated rings. The molecule has 156 valence electrons. The van der Waals surface area contributed by atoms with E-state index in [1.54, 1.807) is 0 Å². The van der Waals surface area contributed by atoms with Crippen LogP contribution in [0.15, 0.2) is 11.6 Å². The highest BCUT2D eigenvalue weighted by molar-refractivity contribution is 5.91. The van der Waals surface area contributed by atoms with Crippen LogP contribution >= 0.6 is 0 Å². The fraction of sp³-hybridized carbons (Fsp3) is 0.840. The Balaban J connectivity index is 1.47. The zero-order valence-electron chi connectivity index (χ0n) is 18.1. The van der Waals surface area contributed by atoms with Gasteiger partial charge in [0.1, 0.15) is 6.10 Å². The van der Waals surface area contributed by atoms with Gasteiger partial charge in [0.05, 0.1) is 0 Å². The van der Waals surface area contributed by atoms with Gasteiger partial charge in [0.25, 0.3) is 0 Å². The lowest BCUT2D eigenvalue weighted by atomic mass is 9.47. The predicted molar refractivity (Wildman–Crippen MR) is 111 cm³/mol. The topological polar surface area (TPSA) is 43.4 Å². The third-order valence-corrected chi connectivity index (χ3v) is 9.13. The highest BCUT2D eigenvalue weighted by atomic mass is 16.5. The summed E-state index contributed by atoms with van der Waals surface area (Å²) >= 11 is 0. The number of unbranched alkanes of at least 4 members (excludes halogenated alkanes) is 2. The molecule has 0 spiro atoms. The lowest BCUT2D eigenvalue weighted by Crippen LogP contribution is -2.51. The molecule has 0 aromatic heterocycles. The first-order chi connectivity index (χ1) is 13.4. The summed E-state index contributed by atoms with van der Waals surface area (Å²) in [5, 5.41) is 0. The maximum absolute atomic E-state index is 12.4. The molecule has 0 saturated heterocycles. The number of carbonyl (C=O) groups is 2. The van der Waals surface area contributed by atoms with E-state index in [4.69, 9.17) is 4.74 Å². The molecule has 4 rings (SSSR count). The number of ether oxygens (including phenoxy) is 1. The Bertz CT molecular complexity index is 665. The van der Waals surface area contributed by atoms with E-state index in [0.717, 1.165) is 50.9 Å². The van der Waals surface area contributed by atoms with Gasteiger partial charge in [-0.15, -0.1) is 0 Å². The van der Waals surface area contributed by atoms with Gasteiger partial charge >= 0.3 is 5.97 Å². The third-order valence-electron chi connectivity index (χ3n) is 9.13. The van der Waals surface area contributed by atoms with Gasteiger partial charge in [0, 0.05) is 18.3 Å². The van der Waals surface area contributed by atoms with Crippen molar-refractivity contribution >= 4 is 11.8 Å². The van der Waals surface area contributed by atoms with Crippen molar-refractivity contribution in [1.29, 1.82) is 0 Å². The summed E-state index contributed by atoms with van der Waals surface area (Å²) in [5.74, 6) is 2.47. The van der Waals surface area contributed by atoms with Crippen LogP contribution in [0.1, 0.15) is 97.8 Å². The summed E-state index contributed by atoms with van der Waals surface area (Å²) in [7, 11) is 0. The van der Waals surface area contributed by atoms with E-state index in [9.17, 15) is 9.59 Å². The molecule has 3 heteroatoms. The van der Waals surface area contributed by atoms with Crippen LogP contribution in [-0.2, 0) is 14.3 Å². The van der Waals surface area contributed by atoms with E-state index in [1.807, 2.05) is 6.08 Å². The SMILES string of the molecule is CCCCCC(=O)O[C@H]1CC[C@H]2[C@H]3CCC4=CC(=O)CC[C@]4(C)[C@H]3CC[C@]12C. The summed E-state index contributed by atoms with van der Waals surface area (Å²) in [5.41, 5.74) is 1.82. The molecule has 3 saturated carbocycles. The van der Waals surface area contributed by atoms with Gasteiger partial charge < -0.3 is 4.74 Å². The minimum Gasteiger partial charge on any atom is -0.462 e. The molecule has 6 atom stereocenters. The summed E-state index contributed by atoms with van der Waals surface area (Å²) in [6.45, 7) is 7.01. The molecule has 0 aromatic carbocycles. The Morgan fingerprint density at radius 3 is 2.68 bits per heavy atom. The van der Waals surface area contributed by atoms with Crippen molar-refractivity contribution in [2.24, 2.45) is 28.6 Å². The Morgan fingerprint density at radius 2 is 1.89 bits per heavy atom. The van der Waals surface area contributed by atoms with E-state index in [1.165, 1.54) is 31.3 Å². The van der Waals surface area contributed by atoms with Crippen molar-refractivity contribution in [3.63, 3.8) is 0 Å². The van der Waals surface area contributed by atoms with Crippen LogP contribution in [0.5, 0.6) is 0 Å². The van der Waals surface area contributed by atoms with Gasteiger partial charge in [-0.3, -0.25) is 9.59 Å². The van der Waals surface area contributed by atoms with Crippen LogP contribution < -0.4 is 0 Å². The van der Waals surface area contributed by atoms with Crippen LogP contribution in [0, 0.1) is 28.6 Å². The first kappa shape index (κ1) is 20.2. The van der Waals surface area contributed by atoms with Crippen LogP contribution in [0.3, 0.4) is 0 Å². The number of ketones is 1. The standard InChI is InChI=1S/C25H38O3/c1-4-5-6-7-23(27)28-22-11-10-20-19-9-8-17-16-18(26)12-14-24(17,2)21(19)13-15-25(20,22)3/h16,19-22H,4-15H2,1-3H3/t19-,20+,21+,22+,24+,25+/m1/s1. The first-order valence-electron chi connectivity index (χ1n) is 11.8. The predicted octanol–water partition coefficient (Wildman–Crippen LogP) is 6.01. The van der Waals surface area contributed by atoms with Crippen molar-refractivity contribution in [2.45, 2.75) is 104 Å². The molecule has 4 aliphatic carbocycles. The monoisotopic (exact) mass is 386 g/mol. The maximum atomic E-state index is 12.4. The lowest BCUT2D eigenvalue weighted by molar-refractivity contribution is -0.160. The first-order valence-corrected chi connectivity index (χ1v) is 11.8. The summed E-state index contributed by atoms with van der Waals surface area (Å²) in [4.78, 5) is 24.4. The van der Waals surface area contributed by atoms with E-state index in [0.29, 0.717) is 24.0 Å². The quantitative estimate of drug-likeness (QED) is 0.429. The molecule has 0 bridgehead atoms. The molecule has 0 aromatic rings. The normalized spacial score (nSPS) is 42.2. The number of esters is 1. The Hall–Kier alpha value is -1.12.